The van der Waals surface area contributed by atoms with E-state index in [9.17, 15) is 14.4 Å². The highest BCUT2D eigenvalue weighted by Gasteiger charge is 2.28. The van der Waals surface area contributed by atoms with E-state index in [-0.39, 0.29) is 0 Å². The van der Waals surface area contributed by atoms with Crippen LogP contribution in [0.25, 0.3) is 22.6 Å². The summed E-state index contributed by atoms with van der Waals surface area (Å²) in [7, 11) is 0. The Morgan fingerprint density at radius 2 is 1.84 bits per heavy atom. The minimum Gasteiger partial charge on any atom is -0.452 e. The van der Waals surface area contributed by atoms with Crippen molar-refractivity contribution < 1.29 is 19.1 Å². The van der Waals surface area contributed by atoms with E-state index in [1.165, 1.54) is 0 Å². The number of ether oxygens (including phenoxy) is 1. The number of aromatic nitrogens is 1. The first kappa shape index (κ1) is 20.6. The molecular weight excluding hydrogens is 418 g/mol. The molecule has 1 aliphatic rings. The molecule has 2 aromatic carbocycles. The molecule has 0 atom stereocenters. The standard InChI is InChI=1S/C23H18ClN3O4/c24-15-8-5-13(6-9-15)11-14-7-10-17-20(22(29)31-12-19(28)27-23(25)30)16-3-1-2-4-18(16)26-21(14)17/h1-6,8-9,11H,7,10,12H2,(H3,25,27,28,30)/b14-11-. The van der Waals surface area contributed by atoms with Crippen molar-refractivity contribution in [2.45, 2.75) is 12.8 Å². The van der Waals surface area contributed by atoms with Gasteiger partial charge in [0, 0.05) is 10.4 Å². The molecule has 156 valence electrons. The zero-order valence-electron chi connectivity index (χ0n) is 16.4. The molecule has 1 aromatic heterocycles. The summed E-state index contributed by atoms with van der Waals surface area (Å²) in [6.07, 6.45) is 3.35. The summed E-state index contributed by atoms with van der Waals surface area (Å²) in [4.78, 5) is 40.1. The Bertz CT molecular complexity index is 1240. The number of nitrogens with zero attached hydrogens (tertiary/aromatic N) is 1. The highest BCUT2D eigenvalue weighted by Crippen LogP contribution is 2.37. The predicted octanol–water partition coefficient (Wildman–Crippen LogP) is 3.73. The van der Waals surface area contributed by atoms with Gasteiger partial charge in [-0.05, 0) is 53.8 Å². The Morgan fingerprint density at radius 3 is 2.58 bits per heavy atom. The average molecular weight is 436 g/mol. The molecule has 3 amide bonds. The van der Waals surface area contributed by atoms with Crippen LogP contribution in [0, 0.1) is 0 Å². The number of halogens is 1. The van der Waals surface area contributed by atoms with Gasteiger partial charge >= 0.3 is 12.0 Å². The summed E-state index contributed by atoms with van der Waals surface area (Å²) in [6, 6.07) is 13.7. The van der Waals surface area contributed by atoms with Crippen LogP contribution in [0.15, 0.2) is 48.5 Å². The maximum Gasteiger partial charge on any atom is 0.339 e. The SMILES string of the molecule is NC(=O)NC(=O)COC(=O)c1c2c(nc3ccccc13)/C(=C\c1ccc(Cl)cc1)CC2. The Labute approximate surface area is 182 Å². The summed E-state index contributed by atoms with van der Waals surface area (Å²) in [5.41, 5.74) is 9.45. The van der Waals surface area contributed by atoms with Gasteiger partial charge in [-0.2, -0.15) is 0 Å². The number of primary amides is 1. The number of urea groups is 1. The lowest BCUT2D eigenvalue weighted by Gasteiger charge is -2.12. The fourth-order valence-corrected chi connectivity index (χ4v) is 3.78. The number of nitrogens with one attached hydrogen (secondary N) is 1. The lowest BCUT2D eigenvalue weighted by molar-refractivity contribution is -0.123. The maximum atomic E-state index is 12.9. The van der Waals surface area contributed by atoms with E-state index in [0.717, 1.165) is 22.4 Å². The van der Waals surface area contributed by atoms with E-state index in [1.807, 2.05) is 53.9 Å². The minimum absolute atomic E-state index is 0.381. The van der Waals surface area contributed by atoms with Crippen molar-refractivity contribution >= 4 is 52.1 Å². The summed E-state index contributed by atoms with van der Waals surface area (Å²) >= 11 is 5.97. The number of nitrogens with two attached hydrogens (primary N) is 1. The molecule has 0 saturated heterocycles. The van der Waals surface area contributed by atoms with E-state index in [2.05, 4.69) is 0 Å². The zero-order chi connectivity index (χ0) is 22.0. The molecular formula is C23H18ClN3O4. The Balaban J connectivity index is 1.73. The molecule has 3 N–H and O–H groups in total. The number of amides is 3. The lowest BCUT2D eigenvalue weighted by Crippen LogP contribution is -2.37. The Morgan fingerprint density at radius 1 is 1.10 bits per heavy atom. The van der Waals surface area contributed by atoms with Crippen molar-refractivity contribution in [2.24, 2.45) is 5.73 Å². The molecule has 31 heavy (non-hydrogen) atoms. The van der Waals surface area contributed by atoms with Gasteiger partial charge < -0.3 is 10.5 Å². The van der Waals surface area contributed by atoms with E-state index in [4.69, 9.17) is 27.1 Å². The third kappa shape index (κ3) is 4.41. The Kier molecular flexibility index (Phi) is 5.68. The normalized spacial score (nSPS) is 13.8. The minimum atomic E-state index is -1.01. The summed E-state index contributed by atoms with van der Waals surface area (Å²) in [5, 5.41) is 3.17. The number of fused-ring (bicyclic) bond motifs is 2. The first-order chi connectivity index (χ1) is 14.9. The largest absolute Gasteiger partial charge is 0.452 e. The van der Waals surface area contributed by atoms with Crippen LogP contribution in [0.3, 0.4) is 0 Å². The van der Waals surface area contributed by atoms with Crippen LogP contribution in [0.1, 0.15) is 33.6 Å². The van der Waals surface area contributed by atoms with Crippen molar-refractivity contribution in [1.29, 1.82) is 0 Å². The molecule has 0 bridgehead atoms. The van der Waals surface area contributed by atoms with Crippen molar-refractivity contribution in [2.75, 3.05) is 6.61 Å². The predicted molar refractivity (Wildman–Crippen MR) is 117 cm³/mol. The molecule has 3 aromatic rings. The van der Waals surface area contributed by atoms with Crippen LogP contribution >= 0.6 is 11.6 Å². The van der Waals surface area contributed by atoms with Gasteiger partial charge in [-0.25, -0.2) is 14.6 Å². The van der Waals surface area contributed by atoms with Gasteiger partial charge in [0.25, 0.3) is 5.91 Å². The number of carbonyl (C=O) groups excluding carboxylic acids is 3. The van der Waals surface area contributed by atoms with Crippen LogP contribution in [0.5, 0.6) is 0 Å². The number of carbonyl (C=O) groups is 3. The van der Waals surface area contributed by atoms with Crippen molar-refractivity contribution in [1.82, 2.24) is 10.3 Å². The molecule has 1 heterocycles. The monoisotopic (exact) mass is 435 g/mol. The molecule has 0 saturated carbocycles. The summed E-state index contributed by atoms with van der Waals surface area (Å²) in [6.45, 7) is -0.610. The van der Waals surface area contributed by atoms with Crippen LogP contribution in [-0.2, 0) is 16.0 Å². The number of hydrogen-bond donors (Lipinski definition) is 2. The molecule has 4 rings (SSSR count). The third-order valence-corrected chi connectivity index (χ3v) is 5.21. The average Bonchev–Trinajstić information content (AvgIpc) is 3.13. The molecule has 0 spiro atoms. The van der Waals surface area contributed by atoms with E-state index >= 15 is 0 Å². The van der Waals surface area contributed by atoms with Crippen LogP contribution in [0.4, 0.5) is 4.79 Å². The second kappa shape index (κ2) is 8.57. The van der Waals surface area contributed by atoms with Gasteiger partial charge in [0.05, 0.1) is 16.8 Å². The molecule has 0 aliphatic heterocycles. The van der Waals surface area contributed by atoms with Gasteiger partial charge in [0.15, 0.2) is 6.61 Å². The highest BCUT2D eigenvalue weighted by atomic mass is 35.5. The zero-order valence-corrected chi connectivity index (χ0v) is 17.1. The molecule has 0 fully saturated rings. The van der Waals surface area contributed by atoms with Crippen molar-refractivity contribution in [3.8, 4) is 0 Å². The summed E-state index contributed by atoms with van der Waals surface area (Å²) < 4.78 is 5.17. The first-order valence-electron chi connectivity index (χ1n) is 9.57. The van der Waals surface area contributed by atoms with E-state index in [0.29, 0.717) is 34.3 Å². The van der Waals surface area contributed by atoms with Gasteiger partial charge in [-0.15, -0.1) is 0 Å². The molecule has 8 heteroatoms. The van der Waals surface area contributed by atoms with E-state index in [1.54, 1.807) is 6.07 Å². The van der Waals surface area contributed by atoms with Gasteiger partial charge in [0.1, 0.15) is 0 Å². The maximum absolute atomic E-state index is 12.9. The Hall–Kier alpha value is -3.71. The first-order valence-corrected chi connectivity index (χ1v) is 9.94. The molecule has 7 nitrogen and oxygen atoms in total. The fraction of sp³-hybridized carbons (Fsp3) is 0.130. The molecule has 1 aliphatic carbocycles. The number of para-hydroxylation sites is 1. The second-order valence-corrected chi connectivity index (χ2v) is 7.48. The number of esters is 1. The number of pyridine rings is 1. The van der Waals surface area contributed by atoms with Gasteiger partial charge in [-0.1, -0.05) is 41.9 Å². The van der Waals surface area contributed by atoms with Crippen LogP contribution < -0.4 is 11.1 Å². The summed E-state index contributed by atoms with van der Waals surface area (Å²) in [5.74, 6) is -1.44. The van der Waals surface area contributed by atoms with E-state index < -0.39 is 24.5 Å². The quantitative estimate of drug-likeness (QED) is 0.606. The van der Waals surface area contributed by atoms with Crippen LogP contribution in [-0.4, -0.2) is 29.5 Å². The van der Waals surface area contributed by atoms with Crippen LogP contribution in [0.2, 0.25) is 5.02 Å². The number of allylic oxidation sites excluding steroid dienone is 1. The molecule has 0 unspecified atom stereocenters. The number of hydrogen-bond acceptors (Lipinski definition) is 5. The van der Waals surface area contributed by atoms with Gasteiger partial charge in [-0.3, -0.25) is 10.1 Å². The molecule has 0 radical (unpaired) electrons. The number of imide groups is 1. The fourth-order valence-electron chi connectivity index (χ4n) is 3.65. The highest BCUT2D eigenvalue weighted by molar-refractivity contribution is 6.30. The number of rotatable bonds is 4. The van der Waals surface area contributed by atoms with Crippen molar-refractivity contribution in [3.05, 3.63) is 75.9 Å². The third-order valence-electron chi connectivity index (χ3n) is 4.95. The smallest absolute Gasteiger partial charge is 0.339 e. The number of benzene rings is 2. The second-order valence-electron chi connectivity index (χ2n) is 7.04. The lowest BCUT2D eigenvalue weighted by atomic mass is 10.0. The van der Waals surface area contributed by atoms with Gasteiger partial charge in [0.2, 0.25) is 0 Å². The van der Waals surface area contributed by atoms with Crippen molar-refractivity contribution in [3.63, 3.8) is 0 Å². The topological polar surface area (TPSA) is 111 Å².